The van der Waals surface area contributed by atoms with Crippen LogP contribution in [0.3, 0.4) is 0 Å². The SMILES string of the molecule is Nc1nc(N[C@H]2CCN(C3COC3)C[C@H]2F)nn2ccc(-c3ccc4ncn(CC(F)F)c4n3)c12. The monoisotopic (exact) mass is 487 g/mol. The highest BCUT2D eigenvalue weighted by molar-refractivity contribution is 5.88. The zero-order valence-corrected chi connectivity index (χ0v) is 18.7. The number of nitrogens with two attached hydrogens (primary N) is 1. The van der Waals surface area contributed by atoms with E-state index in [1.54, 1.807) is 28.9 Å². The average Bonchev–Trinajstić information content (AvgIpc) is 3.38. The minimum atomic E-state index is -2.52. The van der Waals surface area contributed by atoms with Crippen molar-refractivity contribution in [1.82, 2.24) is 34.0 Å². The summed E-state index contributed by atoms with van der Waals surface area (Å²) in [7, 11) is 0. The molecule has 0 aromatic carbocycles. The Labute approximate surface area is 197 Å². The normalized spacial score (nSPS) is 21.7. The fraction of sp³-hybridized carbons (Fsp3) is 0.455. The molecule has 2 aliphatic heterocycles. The molecule has 4 aromatic heterocycles. The van der Waals surface area contributed by atoms with Gasteiger partial charge in [0.25, 0.3) is 6.43 Å². The molecule has 0 bridgehead atoms. The van der Waals surface area contributed by atoms with Crippen molar-refractivity contribution in [2.24, 2.45) is 0 Å². The number of ether oxygens (including phenoxy) is 1. The summed E-state index contributed by atoms with van der Waals surface area (Å²) >= 11 is 0. The van der Waals surface area contributed by atoms with Crippen LogP contribution in [0.2, 0.25) is 0 Å². The van der Waals surface area contributed by atoms with Gasteiger partial charge in [0.05, 0.1) is 43.9 Å². The lowest BCUT2D eigenvalue weighted by atomic mass is 10.0. The number of halogens is 3. The van der Waals surface area contributed by atoms with Gasteiger partial charge in [-0.25, -0.2) is 27.7 Å². The third-order valence-electron chi connectivity index (χ3n) is 6.64. The van der Waals surface area contributed by atoms with Crippen LogP contribution >= 0.6 is 0 Å². The number of nitrogen functional groups attached to an aromatic ring is 1. The van der Waals surface area contributed by atoms with E-state index in [0.717, 1.165) is 6.54 Å². The summed E-state index contributed by atoms with van der Waals surface area (Å²) in [6.07, 6.45) is 0.0865. The zero-order chi connectivity index (χ0) is 24.1. The first kappa shape index (κ1) is 22.0. The van der Waals surface area contributed by atoms with Crippen LogP contribution in [0.1, 0.15) is 6.42 Å². The first-order chi connectivity index (χ1) is 17.0. The number of alkyl halides is 3. The van der Waals surface area contributed by atoms with Crippen LogP contribution in [0.15, 0.2) is 30.7 Å². The Kier molecular flexibility index (Phi) is 5.44. The van der Waals surface area contributed by atoms with Gasteiger partial charge in [0, 0.05) is 24.8 Å². The van der Waals surface area contributed by atoms with E-state index in [2.05, 4.69) is 30.3 Å². The minimum absolute atomic E-state index is 0.199. The average molecular weight is 487 g/mol. The predicted octanol–water partition coefficient (Wildman–Crippen LogP) is 2.21. The first-order valence-corrected chi connectivity index (χ1v) is 11.4. The van der Waals surface area contributed by atoms with Crippen LogP contribution in [-0.4, -0.2) is 85.0 Å². The van der Waals surface area contributed by atoms with Crippen LogP contribution in [0.25, 0.3) is 27.9 Å². The summed E-state index contributed by atoms with van der Waals surface area (Å²) < 4.78 is 48.8. The van der Waals surface area contributed by atoms with E-state index in [0.29, 0.717) is 60.2 Å². The number of hydrogen-bond donors (Lipinski definition) is 2. The Bertz CT molecular complexity index is 1370. The Hall–Kier alpha value is -3.45. The van der Waals surface area contributed by atoms with Crippen molar-refractivity contribution in [3.05, 3.63) is 30.7 Å². The molecular weight excluding hydrogens is 463 g/mol. The van der Waals surface area contributed by atoms with Gasteiger partial charge in [-0.3, -0.25) is 4.90 Å². The van der Waals surface area contributed by atoms with Gasteiger partial charge in [0.15, 0.2) is 11.5 Å². The van der Waals surface area contributed by atoms with Gasteiger partial charge in [-0.2, -0.15) is 4.98 Å². The first-order valence-electron chi connectivity index (χ1n) is 11.4. The standard InChI is InChI=1S/C22H24F3N9O/c23-14-7-32(12-9-35-10-12)5-4-16(14)29-22-30-20(26)19-13(3-6-34(19)31-22)15-1-2-17-21(28-15)33(11-27-17)8-18(24)25/h1-3,6,11-12,14,16,18H,4-5,7-10H2,(H3,26,29,30,31)/t14-,16+/m1/s1. The Balaban J connectivity index is 1.26. The van der Waals surface area contributed by atoms with Crippen LogP contribution in [0.5, 0.6) is 0 Å². The molecule has 0 amide bonds. The molecule has 184 valence electrons. The number of hydrogen-bond acceptors (Lipinski definition) is 8. The van der Waals surface area contributed by atoms with E-state index in [-0.39, 0.29) is 11.8 Å². The summed E-state index contributed by atoms with van der Waals surface area (Å²) in [5.74, 6) is 0.439. The van der Waals surface area contributed by atoms with Gasteiger partial charge in [-0.05, 0) is 24.6 Å². The molecule has 13 heteroatoms. The Morgan fingerprint density at radius 3 is 2.80 bits per heavy atom. The molecule has 2 atom stereocenters. The van der Waals surface area contributed by atoms with Crippen molar-refractivity contribution in [3.63, 3.8) is 0 Å². The third kappa shape index (κ3) is 4.04. The number of aromatic nitrogens is 6. The summed E-state index contributed by atoms with van der Waals surface area (Å²) in [6.45, 7) is 1.94. The number of nitrogens with zero attached hydrogens (tertiary/aromatic N) is 7. The molecule has 6 rings (SSSR count). The number of pyridine rings is 1. The van der Waals surface area contributed by atoms with E-state index >= 15 is 0 Å². The molecule has 0 radical (unpaired) electrons. The quantitative estimate of drug-likeness (QED) is 0.426. The predicted molar refractivity (Wildman–Crippen MR) is 123 cm³/mol. The van der Waals surface area contributed by atoms with E-state index in [4.69, 9.17) is 10.5 Å². The lowest BCUT2D eigenvalue weighted by Gasteiger charge is -2.42. The third-order valence-corrected chi connectivity index (χ3v) is 6.64. The molecule has 35 heavy (non-hydrogen) atoms. The van der Waals surface area contributed by atoms with Crippen molar-refractivity contribution in [1.29, 1.82) is 0 Å². The minimum Gasteiger partial charge on any atom is -0.382 e. The summed E-state index contributed by atoms with van der Waals surface area (Å²) in [5, 5.41) is 7.57. The molecular formula is C22H24F3N9O. The maximum Gasteiger partial charge on any atom is 0.256 e. The zero-order valence-electron chi connectivity index (χ0n) is 18.7. The van der Waals surface area contributed by atoms with E-state index in [1.165, 1.54) is 10.9 Å². The van der Waals surface area contributed by atoms with Crippen molar-refractivity contribution >= 4 is 28.4 Å². The number of anilines is 2. The molecule has 2 fully saturated rings. The second-order valence-corrected chi connectivity index (χ2v) is 8.91. The Morgan fingerprint density at radius 2 is 2.06 bits per heavy atom. The highest BCUT2D eigenvalue weighted by Crippen LogP contribution is 2.30. The van der Waals surface area contributed by atoms with Crippen molar-refractivity contribution in [3.8, 4) is 11.3 Å². The van der Waals surface area contributed by atoms with Crippen LogP contribution in [0.4, 0.5) is 24.9 Å². The van der Waals surface area contributed by atoms with Crippen molar-refractivity contribution < 1.29 is 17.9 Å². The largest absolute Gasteiger partial charge is 0.382 e. The van der Waals surface area contributed by atoms with Crippen LogP contribution in [-0.2, 0) is 11.3 Å². The molecule has 6 heterocycles. The highest BCUT2D eigenvalue weighted by atomic mass is 19.3. The second kappa shape index (κ2) is 8.64. The number of nitrogens with one attached hydrogen (secondary N) is 1. The maximum absolute atomic E-state index is 14.9. The van der Waals surface area contributed by atoms with Crippen molar-refractivity contribution in [2.45, 2.75) is 37.6 Å². The molecule has 0 aliphatic carbocycles. The smallest absolute Gasteiger partial charge is 0.256 e. The van der Waals surface area contributed by atoms with Gasteiger partial charge in [0.1, 0.15) is 17.2 Å². The molecule has 2 saturated heterocycles. The number of fused-ring (bicyclic) bond motifs is 2. The molecule has 0 unspecified atom stereocenters. The summed E-state index contributed by atoms with van der Waals surface area (Å²) in [4.78, 5) is 15.2. The molecule has 2 aliphatic rings. The second-order valence-electron chi connectivity index (χ2n) is 8.91. The van der Waals surface area contributed by atoms with E-state index < -0.39 is 25.2 Å². The van der Waals surface area contributed by atoms with E-state index in [1.807, 2.05) is 0 Å². The highest BCUT2D eigenvalue weighted by Gasteiger charge is 2.35. The number of rotatable bonds is 6. The fourth-order valence-electron chi connectivity index (χ4n) is 4.71. The van der Waals surface area contributed by atoms with Crippen LogP contribution in [0, 0.1) is 0 Å². The number of piperidine rings is 1. The number of imidazole rings is 1. The molecule has 10 nitrogen and oxygen atoms in total. The topological polar surface area (TPSA) is 111 Å². The van der Waals surface area contributed by atoms with Crippen LogP contribution < -0.4 is 11.1 Å². The van der Waals surface area contributed by atoms with Gasteiger partial charge < -0.3 is 20.4 Å². The van der Waals surface area contributed by atoms with Crippen molar-refractivity contribution in [2.75, 3.05) is 37.4 Å². The van der Waals surface area contributed by atoms with E-state index in [9.17, 15) is 13.2 Å². The lowest BCUT2D eigenvalue weighted by molar-refractivity contribution is -0.0794. The fourth-order valence-corrected chi connectivity index (χ4v) is 4.71. The van der Waals surface area contributed by atoms with Gasteiger partial charge in [-0.15, -0.1) is 5.10 Å². The lowest BCUT2D eigenvalue weighted by Crippen LogP contribution is -2.57. The summed E-state index contributed by atoms with van der Waals surface area (Å²) in [6, 6.07) is 5.14. The van der Waals surface area contributed by atoms with Gasteiger partial charge in [-0.1, -0.05) is 0 Å². The summed E-state index contributed by atoms with van der Waals surface area (Å²) in [5.41, 5.74) is 8.87. The molecule has 0 spiro atoms. The van der Waals surface area contributed by atoms with Gasteiger partial charge >= 0.3 is 0 Å². The Morgan fingerprint density at radius 1 is 1.20 bits per heavy atom. The van der Waals surface area contributed by atoms with Gasteiger partial charge in [0.2, 0.25) is 5.95 Å². The molecule has 4 aromatic rings. The molecule has 3 N–H and O–H groups in total. The maximum atomic E-state index is 14.9. The molecule has 0 saturated carbocycles. The number of likely N-dealkylation sites (tertiary alicyclic amines) is 1.